The number of sulfonamides is 1. The molecule has 0 bridgehead atoms. The monoisotopic (exact) mass is 599 g/mol. The lowest BCUT2D eigenvalue weighted by molar-refractivity contribution is -0.140. The Kier molecular flexibility index (Phi) is 10.4. The van der Waals surface area contributed by atoms with Gasteiger partial charge in [-0.1, -0.05) is 91.5 Å². The smallest absolute Gasteiger partial charge is 0.244 e. The number of benzene rings is 3. The predicted molar refractivity (Wildman–Crippen MR) is 160 cm³/mol. The van der Waals surface area contributed by atoms with Crippen molar-refractivity contribution < 1.29 is 22.4 Å². The van der Waals surface area contributed by atoms with E-state index < -0.39 is 34.3 Å². The van der Waals surface area contributed by atoms with Crippen LogP contribution < -0.4 is 9.62 Å². The van der Waals surface area contributed by atoms with Gasteiger partial charge in [-0.05, 0) is 36.6 Å². The van der Waals surface area contributed by atoms with E-state index in [0.717, 1.165) is 48.2 Å². The maximum absolute atomic E-state index is 14.9. The van der Waals surface area contributed by atoms with E-state index >= 15 is 0 Å². The predicted octanol–water partition coefficient (Wildman–Crippen LogP) is 5.33. The lowest BCUT2D eigenvalue weighted by Gasteiger charge is -2.35. The van der Waals surface area contributed by atoms with Crippen molar-refractivity contribution in [1.82, 2.24) is 10.2 Å². The number of nitrogens with one attached hydrogen (secondary N) is 1. The molecule has 218 valence electrons. The first-order valence-electron chi connectivity index (χ1n) is 13.7. The van der Waals surface area contributed by atoms with Gasteiger partial charge in [-0.15, -0.1) is 0 Å². The number of para-hydroxylation sites is 1. The van der Waals surface area contributed by atoms with Crippen LogP contribution in [-0.4, -0.2) is 50.0 Å². The molecule has 4 rings (SSSR count). The summed E-state index contributed by atoms with van der Waals surface area (Å²) < 4.78 is 41.5. The van der Waals surface area contributed by atoms with E-state index in [9.17, 15) is 22.4 Å². The molecule has 1 aliphatic rings. The maximum atomic E-state index is 14.9. The van der Waals surface area contributed by atoms with Gasteiger partial charge in [0.15, 0.2) is 0 Å². The summed E-state index contributed by atoms with van der Waals surface area (Å²) in [6.07, 6.45) is 5.98. The minimum absolute atomic E-state index is 0.0180. The standard InChI is InChI=1S/C31H35ClFN3O4S/c1-41(39,40)36(28-19-11-9-17-26(28)32)22-30(37)35(21-24-14-8-10-18-27(24)33)29(20-23-12-4-2-5-13-23)31(38)34-25-15-6-3-7-16-25/h2,4-5,8-14,17-19,25,29H,3,6-7,15-16,20-22H2,1H3,(H,34,38)/t29-/m0/s1. The van der Waals surface area contributed by atoms with Crippen molar-refractivity contribution in [2.24, 2.45) is 0 Å². The fourth-order valence-electron chi connectivity index (χ4n) is 5.16. The summed E-state index contributed by atoms with van der Waals surface area (Å²) >= 11 is 6.32. The fraction of sp³-hybridized carbons (Fsp3) is 0.355. The molecule has 0 spiro atoms. The number of rotatable bonds is 11. The van der Waals surface area contributed by atoms with Crippen molar-refractivity contribution >= 4 is 39.1 Å². The minimum atomic E-state index is -3.95. The zero-order chi connectivity index (χ0) is 29.4. The lowest BCUT2D eigenvalue weighted by atomic mass is 9.94. The molecule has 2 amide bonds. The van der Waals surface area contributed by atoms with Crippen LogP contribution >= 0.6 is 11.6 Å². The van der Waals surface area contributed by atoms with E-state index in [4.69, 9.17) is 11.6 Å². The summed E-state index contributed by atoms with van der Waals surface area (Å²) in [7, 11) is -3.95. The maximum Gasteiger partial charge on any atom is 0.244 e. The lowest BCUT2D eigenvalue weighted by Crippen LogP contribution is -2.55. The first-order valence-corrected chi connectivity index (χ1v) is 16.0. The van der Waals surface area contributed by atoms with Gasteiger partial charge in [-0.2, -0.15) is 0 Å². The summed E-state index contributed by atoms with van der Waals surface area (Å²) in [5.41, 5.74) is 1.17. The Morgan fingerprint density at radius 2 is 1.59 bits per heavy atom. The van der Waals surface area contributed by atoms with Crippen LogP contribution in [0.15, 0.2) is 78.9 Å². The number of hydrogen-bond donors (Lipinski definition) is 1. The van der Waals surface area contributed by atoms with Crippen molar-refractivity contribution in [3.8, 4) is 0 Å². The van der Waals surface area contributed by atoms with Gasteiger partial charge in [0.1, 0.15) is 18.4 Å². The highest BCUT2D eigenvalue weighted by atomic mass is 35.5. The van der Waals surface area contributed by atoms with Crippen LogP contribution in [0, 0.1) is 5.82 Å². The largest absolute Gasteiger partial charge is 0.352 e. The molecule has 41 heavy (non-hydrogen) atoms. The number of amides is 2. The van der Waals surface area contributed by atoms with E-state index in [1.54, 1.807) is 30.3 Å². The Balaban J connectivity index is 1.74. The van der Waals surface area contributed by atoms with Crippen molar-refractivity contribution in [2.45, 2.75) is 57.2 Å². The average molecular weight is 600 g/mol. The van der Waals surface area contributed by atoms with Crippen molar-refractivity contribution in [2.75, 3.05) is 17.1 Å². The second-order valence-corrected chi connectivity index (χ2v) is 12.7. The second kappa shape index (κ2) is 14.0. The van der Waals surface area contributed by atoms with Crippen LogP contribution in [-0.2, 0) is 32.6 Å². The Bertz CT molecular complexity index is 1450. The number of carbonyl (C=O) groups excluding carboxylic acids is 2. The normalized spacial score (nSPS) is 14.7. The molecule has 0 unspecified atom stereocenters. The van der Waals surface area contributed by atoms with Crippen LogP contribution in [0.5, 0.6) is 0 Å². The molecule has 0 radical (unpaired) electrons. The molecule has 10 heteroatoms. The van der Waals surface area contributed by atoms with E-state index in [-0.39, 0.29) is 41.2 Å². The van der Waals surface area contributed by atoms with Crippen LogP contribution in [0.2, 0.25) is 5.02 Å². The zero-order valence-corrected chi connectivity index (χ0v) is 24.6. The van der Waals surface area contributed by atoms with Crippen LogP contribution in [0.4, 0.5) is 10.1 Å². The van der Waals surface area contributed by atoms with Crippen molar-refractivity contribution in [3.05, 3.63) is 101 Å². The molecule has 1 aliphatic carbocycles. The molecule has 0 saturated heterocycles. The molecule has 1 atom stereocenters. The first kappa shape index (κ1) is 30.5. The summed E-state index contributed by atoms with van der Waals surface area (Å²) in [4.78, 5) is 29.3. The summed E-state index contributed by atoms with van der Waals surface area (Å²) in [5.74, 6) is -1.53. The highest BCUT2D eigenvalue weighted by Crippen LogP contribution is 2.28. The topological polar surface area (TPSA) is 86.8 Å². The highest BCUT2D eigenvalue weighted by Gasteiger charge is 2.34. The van der Waals surface area contributed by atoms with Gasteiger partial charge in [0.25, 0.3) is 0 Å². The summed E-state index contributed by atoms with van der Waals surface area (Å²) in [6, 6.07) is 20.6. The third-order valence-corrected chi connectivity index (χ3v) is 8.77. The second-order valence-electron chi connectivity index (χ2n) is 10.4. The average Bonchev–Trinajstić information content (AvgIpc) is 2.95. The molecule has 0 aliphatic heterocycles. The van der Waals surface area contributed by atoms with E-state index in [2.05, 4.69) is 5.32 Å². The number of anilines is 1. The third kappa shape index (κ3) is 8.30. The fourth-order valence-corrected chi connectivity index (χ4v) is 6.31. The quantitative estimate of drug-likeness (QED) is 0.323. The molecular formula is C31H35ClFN3O4S. The summed E-state index contributed by atoms with van der Waals surface area (Å²) in [5, 5.41) is 3.27. The number of halogens is 2. The van der Waals surface area contributed by atoms with Crippen molar-refractivity contribution in [1.29, 1.82) is 0 Å². The molecule has 1 fully saturated rings. The Labute approximate surface area is 246 Å². The van der Waals surface area contributed by atoms with Crippen LogP contribution in [0.25, 0.3) is 0 Å². The number of hydrogen-bond acceptors (Lipinski definition) is 4. The first-order chi connectivity index (χ1) is 19.6. The number of nitrogens with zero attached hydrogens (tertiary/aromatic N) is 2. The van der Waals surface area contributed by atoms with Gasteiger partial charge in [-0.25, -0.2) is 12.8 Å². The molecule has 0 heterocycles. The third-order valence-electron chi connectivity index (χ3n) is 7.32. The summed E-state index contributed by atoms with van der Waals surface area (Å²) in [6.45, 7) is -0.833. The van der Waals surface area contributed by atoms with Gasteiger partial charge >= 0.3 is 0 Å². The van der Waals surface area contributed by atoms with Gasteiger partial charge in [-0.3, -0.25) is 13.9 Å². The molecular weight excluding hydrogens is 565 g/mol. The van der Waals surface area contributed by atoms with Gasteiger partial charge in [0.2, 0.25) is 21.8 Å². The van der Waals surface area contributed by atoms with Gasteiger partial charge < -0.3 is 10.2 Å². The van der Waals surface area contributed by atoms with E-state index in [1.165, 1.54) is 23.1 Å². The Morgan fingerprint density at radius 1 is 0.951 bits per heavy atom. The van der Waals surface area contributed by atoms with E-state index in [0.29, 0.717) is 0 Å². The van der Waals surface area contributed by atoms with Crippen molar-refractivity contribution in [3.63, 3.8) is 0 Å². The Morgan fingerprint density at radius 3 is 2.24 bits per heavy atom. The molecule has 7 nitrogen and oxygen atoms in total. The SMILES string of the molecule is CS(=O)(=O)N(CC(=O)N(Cc1ccccc1F)[C@@H](Cc1ccccc1)C(=O)NC1CCCCC1)c1ccccc1Cl. The number of carbonyl (C=O) groups is 2. The molecule has 1 saturated carbocycles. The van der Waals surface area contributed by atoms with Gasteiger partial charge in [0.05, 0.1) is 17.0 Å². The van der Waals surface area contributed by atoms with Gasteiger partial charge in [0, 0.05) is 24.6 Å². The minimum Gasteiger partial charge on any atom is -0.352 e. The highest BCUT2D eigenvalue weighted by molar-refractivity contribution is 7.92. The molecule has 0 aromatic heterocycles. The Hall–Kier alpha value is -3.43. The van der Waals surface area contributed by atoms with E-state index in [1.807, 2.05) is 30.3 Å². The zero-order valence-electron chi connectivity index (χ0n) is 23.0. The van der Waals surface area contributed by atoms with Crippen LogP contribution in [0.1, 0.15) is 43.2 Å². The molecule has 1 N–H and O–H groups in total. The molecule has 3 aromatic carbocycles. The molecule has 3 aromatic rings. The van der Waals surface area contributed by atoms with Crippen LogP contribution in [0.3, 0.4) is 0 Å².